The minimum Gasteiger partial charge on any atom is -0.369 e. The summed E-state index contributed by atoms with van der Waals surface area (Å²) in [5.74, 6) is -0.737. The SMILES string of the molecule is O=C(CN1CCN(c2ccc(F)cc2)CC1)Nc1nnc(C(F)(F)F)s1. The third-order valence-corrected chi connectivity index (χ3v) is 4.73. The summed E-state index contributed by atoms with van der Waals surface area (Å²) in [4.78, 5) is 15.9. The van der Waals surface area contributed by atoms with Gasteiger partial charge in [-0.25, -0.2) is 4.39 Å². The second kappa shape index (κ2) is 7.54. The van der Waals surface area contributed by atoms with Crippen molar-refractivity contribution >= 4 is 28.1 Å². The number of alkyl halides is 3. The number of piperazine rings is 1. The van der Waals surface area contributed by atoms with E-state index < -0.39 is 17.1 Å². The molecule has 0 atom stereocenters. The van der Waals surface area contributed by atoms with Gasteiger partial charge in [0.2, 0.25) is 16.0 Å². The normalized spacial score (nSPS) is 15.9. The van der Waals surface area contributed by atoms with E-state index in [2.05, 4.69) is 20.4 Å². The van der Waals surface area contributed by atoms with Crippen LogP contribution in [0.4, 0.5) is 28.4 Å². The van der Waals surface area contributed by atoms with Gasteiger partial charge < -0.3 is 4.90 Å². The van der Waals surface area contributed by atoms with Gasteiger partial charge in [0.1, 0.15) is 5.82 Å². The van der Waals surface area contributed by atoms with Crippen LogP contribution < -0.4 is 10.2 Å². The Morgan fingerprint density at radius 2 is 1.77 bits per heavy atom. The van der Waals surface area contributed by atoms with Gasteiger partial charge in [0.25, 0.3) is 0 Å². The highest BCUT2D eigenvalue weighted by Gasteiger charge is 2.35. The Hall–Kier alpha value is -2.27. The molecular weight excluding hydrogens is 374 g/mol. The van der Waals surface area contributed by atoms with Crippen molar-refractivity contribution < 1.29 is 22.4 Å². The number of aromatic nitrogens is 2. The van der Waals surface area contributed by atoms with Crippen LogP contribution in [0.1, 0.15) is 5.01 Å². The molecule has 6 nitrogen and oxygen atoms in total. The Labute approximate surface area is 150 Å². The highest BCUT2D eigenvalue weighted by Crippen LogP contribution is 2.32. The average Bonchev–Trinajstić information content (AvgIpc) is 3.05. The molecule has 1 fully saturated rings. The minimum atomic E-state index is -4.57. The Bertz CT molecular complexity index is 756. The van der Waals surface area contributed by atoms with Gasteiger partial charge >= 0.3 is 6.18 Å². The molecule has 11 heteroatoms. The molecule has 1 N–H and O–H groups in total. The number of rotatable bonds is 4. The van der Waals surface area contributed by atoms with Gasteiger partial charge in [-0.15, -0.1) is 10.2 Å². The van der Waals surface area contributed by atoms with Gasteiger partial charge in [-0.2, -0.15) is 13.2 Å². The van der Waals surface area contributed by atoms with E-state index >= 15 is 0 Å². The quantitative estimate of drug-likeness (QED) is 0.814. The van der Waals surface area contributed by atoms with E-state index in [9.17, 15) is 22.4 Å². The van der Waals surface area contributed by atoms with Crippen molar-refractivity contribution in [2.45, 2.75) is 6.18 Å². The molecule has 2 heterocycles. The first-order chi connectivity index (χ1) is 12.3. The van der Waals surface area contributed by atoms with Gasteiger partial charge in [-0.1, -0.05) is 11.3 Å². The van der Waals surface area contributed by atoms with E-state index in [1.54, 1.807) is 12.1 Å². The molecule has 26 heavy (non-hydrogen) atoms. The molecule has 0 aliphatic carbocycles. The topological polar surface area (TPSA) is 61.4 Å². The number of amides is 1. The van der Waals surface area contributed by atoms with Crippen LogP contribution in [-0.2, 0) is 11.0 Å². The van der Waals surface area contributed by atoms with Gasteiger partial charge in [0.05, 0.1) is 6.54 Å². The third-order valence-electron chi connectivity index (χ3n) is 3.85. The van der Waals surface area contributed by atoms with Crippen LogP contribution in [0, 0.1) is 5.82 Å². The standard InChI is InChI=1S/C15H15F4N5OS/c16-10-1-3-11(4-2-10)24-7-5-23(6-8-24)9-12(25)20-14-22-21-13(26-14)15(17,18)19/h1-4H,5-9H2,(H,20,22,25). The molecule has 1 amide bonds. The second-order valence-electron chi connectivity index (χ2n) is 5.70. The number of hydrogen-bond acceptors (Lipinski definition) is 6. The zero-order valence-electron chi connectivity index (χ0n) is 13.5. The smallest absolute Gasteiger partial charge is 0.369 e. The van der Waals surface area contributed by atoms with Gasteiger partial charge in [0, 0.05) is 31.9 Å². The Kier molecular flexibility index (Phi) is 5.37. The first-order valence-electron chi connectivity index (χ1n) is 7.75. The summed E-state index contributed by atoms with van der Waals surface area (Å²) in [5.41, 5.74) is 0.907. The van der Waals surface area contributed by atoms with Crippen molar-refractivity contribution in [3.8, 4) is 0 Å². The molecule has 0 radical (unpaired) electrons. The predicted molar refractivity (Wildman–Crippen MR) is 88.6 cm³/mol. The molecule has 1 saturated heterocycles. The summed E-state index contributed by atoms with van der Waals surface area (Å²) in [6.07, 6.45) is -4.57. The lowest BCUT2D eigenvalue weighted by molar-refractivity contribution is -0.138. The molecule has 2 aromatic rings. The molecular formula is C15H15F4N5OS. The highest BCUT2D eigenvalue weighted by atomic mass is 32.1. The maximum absolute atomic E-state index is 13.0. The predicted octanol–water partition coefficient (Wildman–Crippen LogP) is 2.46. The molecule has 140 valence electrons. The first kappa shape index (κ1) is 18.5. The number of halogens is 4. The summed E-state index contributed by atoms with van der Waals surface area (Å²) in [7, 11) is 0. The number of nitrogens with zero attached hydrogens (tertiary/aromatic N) is 4. The fourth-order valence-corrected chi connectivity index (χ4v) is 3.19. The molecule has 1 aromatic carbocycles. The maximum Gasteiger partial charge on any atom is 0.445 e. The molecule has 1 aromatic heterocycles. The van der Waals surface area contributed by atoms with E-state index in [1.165, 1.54) is 12.1 Å². The van der Waals surface area contributed by atoms with E-state index in [4.69, 9.17) is 0 Å². The fraction of sp³-hybridized carbons (Fsp3) is 0.400. The Morgan fingerprint density at radius 1 is 1.12 bits per heavy atom. The molecule has 0 unspecified atom stereocenters. The van der Waals surface area contributed by atoms with Crippen molar-refractivity contribution in [2.24, 2.45) is 0 Å². The van der Waals surface area contributed by atoms with Crippen molar-refractivity contribution in [3.05, 3.63) is 35.1 Å². The summed E-state index contributed by atoms with van der Waals surface area (Å²) in [5, 5.41) is 7.42. The highest BCUT2D eigenvalue weighted by molar-refractivity contribution is 7.15. The monoisotopic (exact) mass is 389 g/mol. The van der Waals surface area contributed by atoms with Crippen LogP contribution in [0.5, 0.6) is 0 Å². The fourth-order valence-electron chi connectivity index (χ4n) is 2.57. The largest absolute Gasteiger partial charge is 0.445 e. The van der Waals surface area contributed by atoms with Crippen molar-refractivity contribution in [2.75, 3.05) is 42.9 Å². The average molecular weight is 389 g/mol. The van der Waals surface area contributed by atoms with Crippen molar-refractivity contribution in [3.63, 3.8) is 0 Å². The number of carbonyl (C=O) groups excluding carboxylic acids is 1. The molecule has 0 bridgehead atoms. The zero-order valence-corrected chi connectivity index (χ0v) is 14.3. The Balaban J connectivity index is 1.47. The minimum absolute atomic E-state index is 0.0538. The van der Waals surface area contributed by atoms with Crippen LogP contribution in [0.2, 0.25) is 0 Å². The van der Waals surface area contributed by atoms with Crippen LogP contribution in [-0.4, -0.2) is 53.7 Å². The molecule has 3 rings (SSSR count). The number of hydrogen-bond donors (Lipinski definition) is 1. The summed E-state index contributed by atoms with van der Waals surface area (Å²) in [6, 6.07) is 6.19. The van der Waals surface area contributed by atoms with E-state index in [1.807, 2.05) is 4.90 Å². The maximum atomic E-state index is 13.0. The zero-order chi connectivity index (χ0) is 18.7. The van der Waals surface area contributed by atoms with Crippen LogP contribution in [0.3, 0.4) is 0 Å². The third kappa shape index (κ3) is 4.67. The van der Waals surface area contributed by atoms with Gasteiger partial charge in [0.15, 0.2) is 0 Å². The lowest BCUT2D eigenvalue weighted by Crippen LogP contribution is -2.48. The summed E-state index contributed by atoms with van der Waals surface area (Å²) in [6.45, 7) is 2.59. The summed E-state index contributed by atoms with van der Waals surface area (Å²) >= 11 is 0.292. The lowest BCUT2D eigenvalue weighted by atomic mass is 10.2. The number of nitrogens with one attached hydrogen (secondary N) is 1. The number of carbonyl (C=O) groups is 1. The van der Waals surface area contributed by atoms with Crippen LogP contribution in [0.25, 0.3) is 0 Å². The van der Waals surface area contributed by atoms with E-state index in [-0.39, 0.29) is 17.5 Å². The summed E-state index contributed by atoms with van der Waals surface area (Å²) < 4.78 is 50.4. The molecule has 0 spiro atoms. The Morgan fingerprint density at radius 3 is 2.35 bits per heavy atom. The molecule has 0 saturated carbocycles. The van der Waals surface area contributed by atoms with Crippen LogP contribution in [0.15, 0.2) is 24.3 Å². The van der Waals surface area contributed by atoms with Crippen molar-refractivity contribution in [1.82, 2.24) is 15.1 Å². The van der Waals surface area contributed by atoms with Crippen LogP contribution >= 0.6 is 11.3 Å². The first-order valence-corrected chi connectivity index (χ1v) is 8.56. The second-order valence-corrected chi connectivity index (χ2v) is 6.68. The van der Waals surface area contributed by atoms with E-state index in [0.717, 1.165) is 5.69 Å². The van der Waals surface area contributed by atoms with Gasteiger partial charge in [-0.3, -0.25) is 15.0 Å². The van der Waals surface area contributed by atoms with Crippen molar-refractivity contribution in [1.29, 1.82) is 0 Å². The molecule has 1 aliphatic heterocycles. The number of benzene rings is 1. The van der Waals surface area contributed by atoms with Gasteiger partial charge in [-0.05, 0) is 24.3 Å². The van der Waals surface area contributed by atoms with E-state index in [0.29, 0.717) is 37.5 Å². The lowest BCUT2D eigenvalue weighted by Gasteiger charge is -2.35. The number of anilines is 2. The molecule has 1 aliphatic rings.